The molecule has 0 saturated heterocycles. The van der Waals surface area contributed by atoms with Crippen molar-refractivity contribution in [2.24, 2.45) is 0 Å². The highest BCUT2D eigenvalue weighted by molar-refractivity contribution is 8.00. The molecule has 0 bridgehead atoms. The number of carbonyl (C=O) groups is 3. The third-order valence-electron chi connectivity index (χ3n) is 6.80. The fourth-order valence-corrected chi connectivity index (χ4v) is 6.14. The monoisotopic (exact) mass is 648 g/mol. The van der Waals surface area contributed by atoms with E-state index < -0.39 is 17.1 Å². The van der Waals surface area contributed by atoms with Crippen LogP contribution in [0.25, 0.3) is 17.3 Å². The van der Waals surface area contributed by atoms with Crippen LogP contribution in [-0.4, -0.2) is 35.1 Å². The number of carbonyl (C=O) groups excluding carboxylic acids is 3. The van der Waals surface area contributed by atoms with Gasteiger partial charge in [0, 0.05) is 26.6 Å². The van der Waals surface area contributed by atoms with E-state index in [2.05, 4.69) is 20.9 Å². The Balaban J connectivity index is 1.23. The van der Waals surface area contributed by atoms with Crippen LogP contribution in [-0.2, 0) is 9.59 Å². The number of amides is 3. The number of thiazole rings is 1. The molecular formula is C36H32N4O4S2. The van der Waals surface area contributed by atoms with Crippen molar-refractivity contribution >= 4 is 57.7 Å². The van der Waals surface area contributed by atoms with E-state index in [1.54, 1.807) is 67.8 Å². The fraction of sp³-hybridized carbons (Fsp3) is 0.111. The van der Waals surface area contributed by atoms with Crippen molar-refractivity contribution in [3.8, 4) is 17.0 Å². The Labute approximate surface area is 275 Å². The Morgan fingerprint density at radius 1 is 0.870 bits per heavy atom. The molecule has 3 N–H and O–H groups in total. The van der Waals surface area contributed by atoms with Gasteiger partial charge in [-0.15, -0.1) is 23.1 Å². The van der Waals surface area contributed by atoms with Gasteiger partial charge in [-0.05, 0) is 74.0 Å². The Hall–Kier alpha value is -5.19. The van der Waals surface area contributed by atoms with Crippen LogP contribution in [0.1, 0.15) is 27.7 Å². The summed E-state index contributed by atoms with van der Waals surface area (Å²) in [5.41, 5.74) is 3.57. The molecule has 5 rings (SSSR count). The highest BCUT2D eigenvalue weighted by atomic mass is 32.2. The minimum atomic E-state index is -0.492. The SMILES string of the molecule is COc1cccc(/C=C(\NC(=O)c2ccccc2)C(=O)Nc2ccc(SC(C)C(=O)Nc3nc(-c4ccccc4)c(C)s3)cc2)c1. The second-order valence-electron chi connectivity index (χ2n) is 10.2. The van der Waals surface area contributed by atoms with Crippen LogP contribution in [0.5, 0.6) is 5.75 Å². The van der Waals surface area contributed by atoms with E-state index in [4.69, 9.17) is 4.74 Å². The van der Waals surface area contributed by atoms with Gasteiger partial charge in [0.25, 0.3) is 11.8 Å². The highest BCUT2D eigenvalue weighted by Crippen LogP contribution is 2.31. The number of nitrogens with zero attached hydrogens (tertiary/aromatic N) is 1. The van der Waals surface area contributed by atoms with Gasteiger partial charge in [0.1, 0.15) is 11.4 Å². The van der Waals surface area contributed by atoms with Gasteiger partial charge in [-0.2, -0.15) is 0 Å². The van der Waals surface area contributed by atoms with E-state index in [9.17, 15) is 14.4 Å². The molecule has 0 saturated carbocycles. The maximum atomic E-state index is 13.4. The lowest BCUT2D eigenvalue weighted by Crippen LogP contribution is -2.30. The number of aromatic nitrogens is 1. The van der Waals surface area contributed by atoms with Crippen molar-refractivity contribution in [1.82, 2.24) is 10.3 Å². The summed E-state index contributed by atoms with van der Waals surface area (Å²) in [5.74, 6) is -0.434. The van der Waals surface area contributed by atoms with Crippen molar-refractivity contribution in [3.63, 3.8) is 0 Å². The molecule has 1 aromatic heterocycles. The van der Waals surface area contributed by atoms with Gasteiger partial charge in [-0.3, -0.25) is 14.4 Å². The van der Waals surface area contributed by atoms with E-state index in [-0.39, 0.29) is 11.6 Å². The number of aryl methyl sites for hydroxylation is 1. The van der Waals surface area contributed by atoms with Gasteiger partial charge in [0.15, 0.2) is 5.13 Å². The molecule has 0 radical (unpaired) electrons. The van der Waals surface area contributed by atoms with E-state index in [1.165, 1.54) is 23.1 Å². The van der Waals surface area contributed by atoms with E-state index >= 15 is 0 Å². The molecule has 3 amide bonds. The first-order valence-corrected chi connectivity index (χ1v) is 16.1. The Kier molecular flexibility index (Phi) is 10.6. The Bertz CT molecular complexity index is 1860. The lowest BCUT2D eigenvalue weighted by Gasteiger charge is -2.13. The van der Waals surface area contributed by atoms with Gasteiger partial charge >= 0.3 is 0 Å². The third-order valence-corrected chi connectivity index (χ3v) is 8.80. The first-order chi connectivity index (χ1) is 22.3. The minimum absolute atomic E-state index is 0.0682. The minimum Gasteiger partial charge on any atom is -0.497 e. The number of rotatable bonds is 11. The second kappa shape index (κ2) is 15.2. The molecule has 5 aromatic rings. The average Bonchev–Trinajstić information content (AvgIpc) is 3.45. The summed E-state index contributed by atoms with van der Waals surface area (Å²) in [6, 6.07) is 32.9. The second-order valence-corrected chi connectivity index (χ2v) is 12.8. The molecule has 232 valence electrons. The summed E-state index contributed by atoms with van der Waals surface area (Å²) >= 11 is 2.84. The zero-order chi connectivity index (χ0) is 32.5. The quantitative estimate of drug-likeness (QED) is 0.100. The molecule has 4 aromatic carbocycles. The zero-order valence-electron chi connectivity index (χ0n) is 25.4. The maximum Gasteiger partial charge on any atom is 0.272 e. The van der Waals surface area contributed by atoms with Crippen molar-refractivity contribution in [3.05, 3.63) is 131 Å². The molecule has 0 fully saturated rings. The number of anilines is 2. The van der Waals surface area contributed by atoms with E-state index in [0.717, 1.165) is 21.0 Å². The van der Waals surface area contributed by atoms with Gasteiger partial charge < -0.3 is 20.7 Å². The lowest BCUT2D eigenvalue weighted by molar-refractivity contribution is -0.115. The van der Waals surface area contributed by atoms with Crippen LogP contribution in [0.2, 0.25) is 0 Å². The zero-order valence-corrected chi connectivity index (χ0v) is 27.1. The van der Waals surface area contributed by atoms with Crippen LogP contribution >= 0.6 is 23.1 Å². The first kappa shape index (κ1) is 32.2. The van der Waals surface area contributed by atoms with Gasteiger partial charge in [-0.1, -0.05) is 60.7 Å². The summed E-state index contributed by atoms with van der Waals surface area (Å²) in [4.78, 5) is 45.8. The molecule has 0 aliphatic rings. The van der Waals surface area contributed by atoms with E-state index in [1.807, 2.05) is 68.4 Å². The Morgan fingerprint density at radius 2 is 1.57 bits per heavy atom. The molecule has 1 unspecified atom stereocenters. The van der Waals surface area contributed by atoms with Crippen molar-refractivity contribution < 1.29 is 19.1 Å². The number of benzene rings is 4. The first-order valence-electron chi connectivity index (χ1n) is 14.4. The largest absolute Gasteiger partial charge is 0.497 e. The molecule has 46 heavy (non-hydrogen) atoms. The predicted molar refractivity (Wildman–Crippen MR) is 186 cm³/mol. The fourth-order valence-electron chi connectivity index (χ4n) is 4.43. The molecule has 10 heteroatoms. The molecule has 0 aliphatic heterocycles. The number of thioether (sulfide) groups is 1. The summed E-state index contributed by atoms with van der Waals surface area (Å²) in [7, 11) is 1.56. The van der Waals surface area contributed by atoms with Gasteiger partial charge in [-0.25, -0.2) is 4.98 Å². The molecule has 1 heterocycles. The summed E-state index contributed by atoms with van der Waals surface area (Å²) < 4.78 is 5.30. The lowest BCUT2D eigenvalue weighted by atomic mass is 10.1. The predicted octanol–water partition coefficient (Wildman–Crippen LogP) is 7.66. The third kappa shape index (κ3) is 8.50. The standard InChI is InChI=1S/C36H32N4O4S2/c1-23-32(26-12-6-4-7-13-26)39-36(46-23)40-33(41)24(2)45-30-19-17-28(18-20-30)37-35(43)31(22-25-11-10-16-29(21-25)44-3)38-34(42)27-14-8-5-9-15-27/h4-22,24H,1-3H3,(H,37,43)(H,38,42)(H,39,40,41)/b31-22-. The van der Waals surface area contributed by atoms with Crippen LogP contribution < -0.4 is 20.7 Å². The number of hydrogen-bond acceptors (Lipinski definition) is 7. The number of hydrogen-bond donors (Lipinski definition) is 3. The van der Waals surface area contributed by atoms with Crippen molar-refractivity contribution in [2.45, 2.75) is 24.0 Å². The van der Waals surface area contributed by atoms with Crippen LogP contribution in [0, 0.1) is 6.92 Å². The number of ether oxygens (including phenoxy) is 1. The normalized spacial score (nSPS) is 11.8. The average molecular weight is 649 g/mol. The smallest absolute Gasteiger partial charge is 0.272 e. The van der Waals surface area contributed by atoms with E-state index in [0.29, 0.717) is 27.7 Å². The molecule has 1 atom stereocenters. The van der Waals surface area contributed by atoms with Crippen molar-refractivity contribution in [2.75, 3.05) is 17.7 Å². The van der Waals surface area contributed by atoms with Crippen LogP contribution in [0.15, 0.2) is 120 Å². The molecular weight excluding hydrogens is 617 g/mol. The highest BCUT2D eigenvalue weighted by Gasteiger charge is 2.19. The Morgan fingerprint density at radius 3 is 2.26 bits per heavy atom. The molecule has 0 spiro atoms. The van der Waals surface area contributed by atoms with Crippen molar-refractivity contribution in [1.29, 1.82) is 0 Å². The number of methoxy groups -OCH3 is 1. The van der Waals surface area contributed by atoms with Gasteiger partial charge in [0.2, 0.25) is 5.91 Å². The molecule has 8 nitrogen and oxygen atoms in total. The number of nitrogens with one attached hydrogen (secondary N) is 3. The summed E-state index contributed by atoms with van der Waals surface area (Å²) in [6.07, 6.45) is 1.59. The van der Waals surface area contributed by atoms with Crippen LogP contribution in [0.4, 0.5) is 10.8 Å². The maximum absolute atomic E-state index is 13.4. The van der Waals surface area contributed by atoms with Gasteiger partial charge in [0.05, 0.1) is 18.1 Å². The summed E-state index contributed by atoms with van der Waals surface area (Å²) in [5, 5.41) is 8.70. The topological polar surface area (TPSA) is 109 Å². The molecule has 0 aliphatic carbocycles. The summed E-state index contributed by atoms with van der Waals surface area (Å²) in [6.45, 7) is 3.82. The van der Waals surface area contributed by atoms with Crippen LogP contribution in [0.3, 0.4) is 0 Å².